The summed E-state index contributed by atoms with van der Waals surface area (Å²) in [6.45, 7) is 0. The van der Waals surface area contributed by atoms with Crippen LogP contribution in [-0.2, 0) is 17.1 Å². The van der Waals surface area contributed by atoms with E-state index < -0.39 is 23.1 Å². The molecule has 0 amide bonds. The van der Waals surface area contributed by atoms with E-state index in [4.69, 9.17) is 0 Å². The Hall–Kier alpha value is -3.42. The van der Waals surface area contributed by atoms with Crippen LogP contribution in [0, 0.1) is 11.6 Å². The number of hydrogen-bond acceptors (Lipinski definition) is 6. The van der Waals surface area contributed by atoms with Crippen LogP contribution in [0.4, 0.5) is 20.2 Å². The number of nitrogens with zero attached hydrogens (tertiary/aromatic N) is 2. The van der Waals surface area contributed by atoms with E-state index in [0.29, 0.717) is 0 Å². The van der Waals surface area contributed by atoms with Gasteiger partial charge in [0.15, 0.2) is 11.6 Å². The van der Waals surface area contributed by atoms with Crippen molar-refractivity contribution in [2.45, 2.75) is 0 Å². The van der Waals surface area contributed by atoms with E-state index in [2.05, 4.69) is 9.98 Å². The van der Waals surface area contributed by atoms with Gasteiger partial charge in [-0.3, -0.25) is 9.98 Å². The summed E-state index contributed by atoms with van der Waals surface area (Å²) in [6, 6.07) is 8.81. The molecule has 3 aromatic rings. The Bertz CT molecular complexity index is 1020. The smallest absolute Gasteiger partial charge is 0.872 e. The zero-order valence-electron chi connectivity index (χ0n) is 14.4. The van der Waals surface area contributed by atoms with Crippen molar-refractivity contribution < 1.29 is 46.3 Å². The Labute approximate surface area is 174 Å². The number of phenolic OH excluding ortho intramolecular Hbond substituents is 2. The Balaban J connectivity index is 0.00000300. The first-order valence-corrected chi connectivity index (χ1v) is 7.91. The summed E-state index contributed by atoms with van der Waals surface area (Å²) >= 11 is 0. The van der Waals surface area contributed by atoms with Crippen LogP contribution >= 0.6 is 0 Å². The molecule has 3 aromatic carbocycles. The fraction of sp³-hybridized carbons (Fsp3) is 0. The van der Waals surface area contributed by atoms with Gasteiger partial charge in [-0.05, 0) is 35.4 Å². The first kappa shape index (κ1) is 21.9. The molecule has 0 aliphatic carbocycles. The Morgan fingerprint density at radius 1 is 0.690 bits per heavy atom. The van der Waals surface area contributed by atoms with Gasteiger partial charge < -0.3 is 20.4 Å². The molecule has 0 atom stereocenters. The third kappa shape index (κ3) is 5.31. The van der Waals surface area contributed by atoms with Gasteiger partial charge in [0.05, 0.1) is 11.4 Å². The summed E-state index contributed by atoms with van der Waals surface area (Å²) in [6.07, 6.45) is 2.26. The molecule has 0 heterocycles. The summed E-state index contributed by atoms with van der Waals surface area (Å²) in [4.78, 5) is 7.95. The van der Waals surface area contributed by atoms with Crippen LogP contribution in [0.2, 0.25) is 0 Å². The van der Waals surface area contributed by atoms with E-state index >= 15 is 0 Å². The van der Waals surface area contributed by atoms with Crippen LogP contribution in [0.3, 0.4) is 0 Å². The quantitative estimate of drug-likeness (QED) is 0.475. The van der Waals surface area contributed by atoms with E-state index in [0.717, 1.165) is 36.7 Å². The van der Waals surface area contributed by atoms with Crippen LogP contribution in [0.5, 0.6) is 23.0 Å². The Morgan fingerprint density at radius 3 is 1.41 bits per heavy atom. The fourth-order valence-electron chi connectivity index (χ4n) is 2.27. The average Bonchev–Trinajstić information content (AvgIpc) is 2.63. The summed E-state index contributed by atoms with van der Waals surface area (Å²) in [5.41, 5.74) is 0.0957. The van der Waals surface area contributed by atoms with E-state index in [9.17, 15) is 29.2 Å². The van der Waals surface area contributed by atoms with Gasteiger partial charge in [0.2, 0.25) is 0 Å². The molecule has 0 bridgehead atoms. The predicted molar refractivity (Wildman–Crippen MR) is 96.0 cm³/mol. The topological polar surface area (TPSA) is 111 Å². The number of hydrogen-bond donors (Lipinski definition) is 2. The Kier molecular flexibility index (Phi) is 6.93. The van der Waals surface area contributed by atoms with Gasteiger partial charge in [0.25, 0.3) is 0 Å². The van der Waals surface area contributed by atoms with Crippen molar-refractivity contribution in [1.82, 2.24) is 0 Å². The number of phenols is 2. The molecule has 0 aromatic heterocycles. The van der Waals surface area contributed by atoms with Crippen molar-refractivity contribution in [2.75, 3.05) is 0 Å². The summed E-state index contributed by atoms with van der Waals surface area (Å²) in [5.74, 6) is -3.74. The molecule has 0 aliphatic rings. The van der Waals surface area contributed by atoms with Crippen LogP contribution in [0.25, 0.3) is 0 Å². The zero-order valence-corrected chi connectivity index (χ0v) is 15.4. The first-order chi connectivity index (χ1) is 13.3. The third-order valence-electron chi connectivity index (χ3n) is 3.70. The predicted octanol–water partition coefficient (Wildman–Crippen LogP) is 3.02. The number of halogens is 2. The molecule has 29 heavy (non-hydrogen) atoms. The molecule has 3 rings (SSSR count). The minimum Gasteiger partial charge on any atom is -0.872 e. The maximum Gasteiger partial charge on any atom is 2.00 e. The minimum atomic E-state index is -1.16. The van der Waals surface area contributed by atoms with Gasteiger partial charge in [-0.2, -0.15) is 0 Å². The molecule has 0 fully saturated rings. The van der Waals surface area contributed by atoms with Gasteiger partial charge in [0.1, 0.15) is 11.5 Å². The molecule has 0 unspecified atom stereocenters. The van der Waals surface area contributed by atoms with E-state index in [-0.39, 0.29) is 51.1 Å². The second kappa shape index (κ2) is 9.18. The number of aromatic hydroxyl groups is 2. The van der Waals surface area contributed by atoms with Crippen LogP contribution in [-0.4, -0.2) is 22.6 Å². The van der Waals surface area contributed by atoms with E-state index in [1.165, 1.54) is 24.3 Å². The number of benzene rings is 3. The monoisotopic (exact) mass is 445 g/mol. The SMILES string of the molecule is [Cu+2].[O-]c1cc(O)ccc1C=Nc1cc(F)c(F)cc1N=Cc1ccc(O)cc1[O-]. The molecular formula is C20H12CuF2N2O4. The molecule has 0 saturated heterocycles. The first-order valence-electron chi connectivity index (χ1n) is 7.91. The maximum atomic E-state index is 13.6. The normalized spacial score (nSPS) is 11.1. The standard InChI is InChI=1S/C20H14F2N2O4.Cu/c21-15-7-17(23-9-11-1-3-13(25)5-19(11)27)18(8-16(15)22)24-10-12-2-4-14(26)6-20(12)28;/h1-10,25-28H;/q;+2/p-2. The molecule has 0 aliphatic heterocycles. The van der Waals surface area contributed by atoms with Gasteiger partial charge in [0, 0.05) is 24.6 Å². The maximum absolute atomic E-state index is 13.6. The zero-order chi connectivity index (χ0) is 20.3. The number of aliphatic imine (C=N–C) groups is 2. The van der Waals surface area contributed by atoms with Crippen molar-refractivity contribution in [3.05, 3.63) is 71.3 Å². The van der Waals surface area contributed by atoms with Gasteiger partial charge in [-0.15, -0.1) is 0 Å². The van der Waals surface area contributed by atoms with Crippen molar-refractivity contribution in [3.63, 3.8) is 0 Å². The van der Waals surface area contributed by atoms with E-state index in [1.54, 1.807) is 0 Å². The summed E-state index contributed by atoms with van der Waals surface area (Å²) in [5, 5.41) is 42.1. The third-order valence-corrected chi connectivity index (χ3v) is 3.70. The van der Waals surface area contributed by atoms with Gasteiger partial charge in [-0.25, -0.2) is 8.78 Å². The molecule has 0 spiro atoms. The summed E-state index contributed by atoms with van der Waals surface area (Å²) in [7, 11) is 0. The van der Waals surface area contributed by atoms with Gasteiger partial charge in [-0.1, -0.05) is 23.6 Å². The van der Waals surface area contributed by atoms with Crippen molar-refractivity contribution >= 4 is 23.8 Å². The van der Waals surface area contributed by atoms with E-state index in [1.807, 2.05) is 0 Å². The largest absolute Gasteiger partial charge is 2.00 e. The number of rotatable bonds is 4. The molecule has 0 saturated carbocycles. The minimum absolute atomic E-state index is 0. The molecule has 151 valence electrons. The molecule has 9 heteroatoms. The Morgan fingerprint density at radius 2 is 1.07 bits per heavy atom. The molecular weight excluding hydrogens is 434 g/mol. The fourth-order valence-corrected chi connectivity index (χ4v) is 2.27. The van der Waals surface area contributed by atoms with Crippen LogP contribution in [0.15, 0.2) is 58.5 Å². The average molecular weight is 446 g/mol. The second-order valence-electron chi connectivity index (χ2n) is 5.72. The van der Waals surface area contributed by atoms with Crippen molar-refractivity contribution in [3.8, 4) is 23.0 Å². The van der Waals surface area contributed by atoms with Crippen molar-refractivity contribution in [1.29, 1.82) is 0 Å². The summed E-state index contributed by atoms with van der Waals surface area (Å²) < 4.78 is 27.2. The molecule has 2 N–H and O–H groups in total. The second-order valence-corrected chi connectivity index (χ2v) is 5.72. The van der Waals surface area contributed by atoms with Crippen LogP contribution in [0.1, 0.15) is 11.1 Å². The van der Waals surface area contributed by atoms with Crippen LogP contribution < -0.4 is 10.2 Å². The molecule has 1 radical (unpaired) electrons. The molecule has 6 nitrogen and oxygen atoms in total. The van der Waals surface area contributed by atoms with Crippen molar-refractivity contribution in [2.24, 2.45) is 9.98 Å². The van der Waals surface area contributed by atoms with Gasteiger partial charge >= 0.3 is 17.1 Å².